The lowest BCUT2D eigenvalue weighted by Crippen LogP contribution is -2.45. The van der Waals surface area contributed by atoms with Crippen molar-refractivity contribution in [2.24, 2.45) is 0 Å². The van der Waals surface area contributed by atoms with Crippen molar-refractivity contribution in [3.05, 3.63) is 23.5 Å². The average Bonchev–Trinajstić information content (AvgIpc) is 3.40. The molecule has 156 valence electrons. The molecule has 1 N–H and O–H groups in total. The lowest BCUT2D eigenvalue weighted by molar-refractivity contribution is -0.169. The molecule has 0 spiro atoms. The summed E-state index contributed by atoms with van der Waals surface area (Å²) in [7, 11) is -4.71. The largest absolute Gasteiger partial charge is 0.489 e. The normalized spacial score (nSPS) is 20.7. The zero-order chi connectivity index (χ0) is 20.7. The van der Waals surface area contributed by atoms with Gasteiger partial charge in [0.2, 0.25) is 10.0 Å². The van der Waals surface area contributed by atoms with Gasteiger partial charge in [-0.2, -0.15) is 17.5 Å². The molecule has 1 unspecified atom stereocenters. The van der Waals surface area contributed by atoms with Crippen LogP contribution in [0, 0.1) is 5.82 Å². The molecular weight excluding hydrogens is 404 g/mol. The maximum Gasteiger partial charge on any atom is 0.472 e. The molecule has 28 heavy (non-hydrogen) atoms. The number of rotatable bonds is 5. The van der Waals surface area contributed by atoms with Crippen LogP contribution in [0.1, 0.15) is 37.2 Å². The molecule has 1 amide bonds. The molecule has 1 aromatic carbocycles. The van der Waals surface area contributed by atoms with Gasteiger partial charge in [0, 0.05) is 12.6 Å². The third-order valence-corrected chi connectivity index (χ3v) is 5.64. The number of amides is 1. The van der Waals surface area contributed by atoms with Crippen molar-refractivity contribution in [3.63, 3.8) is 0 Å². The van der Waals surface area contributed by atoms with Crippen LogP contribution in [0.5, 0.6) is 5.75 Å². The Labute approximate surface area is 159 Å². The molecule has 0 aromatic heterocycles. The Hall–Kier alpha value is -1.88. The molecule has 1 saturated carbocycles. The number of ether oxygens (including phenoxy) is 1. The van der Waals surface area contributed by atoms with E-state index in [1.165, 1.54) is 0 Å². The average molecular weight is 424 g/mol. The second-order valence-electron chi connectivity index (χ2n) is 7.03. The van der Waals surface area contributed by atoms with Gasteiger partial charge in [0.25, 0.3) is 0 Å². The van der Waals surface area contributed by atoms with Gasteiger partial charge in [0.05, 0.1) is 11.9 Å². The number of carbonyl (C=O) groups is 1. The highest BCUT2D eigenvalue weighted by Crippen LogP contribution is 2.47. The predicted molar refractivity (Wildman–Crippen MR) is 93.3 cm³/mol. The van der Waals surface area contributed by atoms with Crippen molar-refractivity contribution in [2.75, 3.05) is 23.7 Å². The van der Waals surface area contributed by atoms with E-state index in [9.17, 15) is 30.8 Å². The van der Waals surface area contributed by atoms with Crippen molar-refractivity contribution >= 4 is 21.6 Å². The Bertz CT molecular complexity index is 863. The first-order valence-corrected chi connectivity index (χ1v) is 10.7. The number of hydrogen-bond donors (Lipinski definition) is 1. The summed E-state index contributed by atoms with van der Waals surface area (Å²) in [6.07, 6.45) is -2.23. The van der Waals surface area contributed by atoms with Crippen LogP contribution in [0.4, 0.5) is 23.2 Å². The van der Waals surface area contributed by atoms with Crippen LogP contribution in [-0.2, 0) is 14.8 Å². The monoisotopic (exact) mass is 424 g/mol. The molecule has 3 rings (SSSR count). The molecule has 1 aliphatic heterocycles. The Morgan fingerprint density at radius 1 is 1.25 bits per heavy atom. The van der Waals surface area contributed by atoms with E-state index in [0.717, 1.165) is 44.4 Å². The number of sulfonamides is 1. The van der Waals surface area contributed by atoms with Gasteiger partial charge in [0.1, 0.15) is 11.9 Å². The van der Waals surface area contributed by atoms with Gasteiger partial charge in [-0.05, 0) is 49.8 Å². The summed E-state index contributed by atoms with van der Waals surface area (Å²) in [4.78, 5) is 11.7. The number of benzene rings is 1. The van der Waals surface area contributed by atoms with E-state index in [0.29, 0.717) is 18.4 Å². The predicted octanol–water partition coefficient (Wildman–Crippen LogP) is 2.69. The van der Waals surface area contributed by atoms with Crippen molar-refractivity contribution in [3.8, 4) is 5.75 Å². The molecule has 0 radical (unpaired) electrons. The molecule has 1 atom stereocenters. The van der Waals surface area contributed by atoms with E-state index in [-0.39, 0.29) is 17.8 Å². The minimum Gasteiger partial charge on any atom is -0.489 e. The second kappa shape index (κ2) is 7.51. The fourth-order valence-corrected chi connectivity index (χ4v) is 4.09. The number of halogens is 4. The summed E-state index contributed by atoms with van der Waals surface area (Å²) < 4.78 is 82.4. The maximum absolute atomic E-state index is 14.7. The molecule has 2 fully saturated rings. The summed E-state index contributed by atoms with van der Waals surface area (Å²) in [6.45, 7) is 1.39. The third kappa shape index (κ3) is 4.57. The van der Waals surface area contributed by atoms with E-state index in [2.05, 4.69) is 5.32 Å². The highest BCUT2D eigenvalue weighted by Gasteiger charge is 2.47. The smallest absolute Gasteiger partial charge is 0.472 e. The molecular formula is C17H20F4N2O4S. The molecule has 0 bridgehead atoms. The Morgan fingerprint density at radius 3 is 2.43 bits per heavy atom. The molecule has 1 heterocycles. The zero-order valence-corrected chi connectivity index (χ0v) is 15.9. The van der Waals surface area contributed by atoms with Crippen molar-refractivity contribution in [2.45, 2.75) is 43.9 Å². The molecule has 1 saturated heterocycles. The molecule has 6 nitrogen and oxygen atoms in total. The van der Waals surface area contributed by atoms with Gasteiger partial charge >= 0.3 is 12.1 Å². The van der Waals surface area contributed by atoms with Crippen LogP contribution in [0.3, 0.4) is 0 Å². The number of hydrogen-bond acceptors (Lipinski definition) is 5. The fraction of sp³-hybridized carbons (Fsp3) is 0.588. The van der Waals surface area contributed by atoms with Gasteiger partial charge < -0.3 is 10.1 Å². The third-order valence-electron chi connectivity index (χ3n) is 4.62. The van der Waals surface area contributed by atoms with Crippen molar-refractivity contribution in [1.82, 2.24) is 5.32 Å². The van der Waals surface area contributed by atoms with Gasteiger partial charge in [0.15, 0.2) is 5.82 Å². The number of piperidine rings is 1. The Balaban J connectivity index is 2.03. The van der Waals surface area contributed by atoms with E-state index >= 15 is 0 Å². The van der Waals surface area contributed by atoms with E-state index in [1.807, 2.05) is 0 Å². The second-order valence-corrected chi connectivity index (χ2v) is 8.86. The summed E-state index contributed by atoms with van der Waals surface area (Å²) in [5, 5.41) is 3.14. The first kappa shape index (κ1) is 20.8. The van der Waals surface area contributed by atoms with Crippen molar-refractivity contribution in [1.29, 1.82) is 0 Å². The lowest BCUT2D eigenvalue weighted by atomic mass is 10.1. The van der Waals surface area contributed by atoms with Crippen LogP contribution in [0.2, 0.25) is 0 Å². The zero-order valence-electron chi connectivity index (χ0n) is 15.1. The fourth-order valence-electron chi connectivity index (χ4n) is 3.18. The van der Waals surface area contributed by atoms with Crippen molar-refractivity contribution < 1.29 is 35.5 Å². The summed E-state index contributed by atoms with van der Waals surface area (Å²) in [6, 6.07) is 1.86. The minimum atomic E-state index is -5.47. The van der Waals surface area contributed by atoms with E-state index < -0.39 is 37.9 Å². The van der Waals surface area contributed by atoms with Crippen LogP contribution < -0.4 is 14.4 Å². The highest BCUT2D eigenvalue weighted by molar-refractivity contribution is 7.92. The number of carbonyl (C=O) groups excluding carboxylic acids is 1. The van der Waals surface area contributed by atoms with Gasteiger partial charge in [-0.1, -0.05) is 0 Å². The van der Waals surface area contributed by atoms with Crippen LogP contribution in [-0.4, -0.2) is 46.0 Å². The quantitative estimate of drug-likeness (QED) is 0.736. The lowest BCUT2D eigenvalue weighted by Gasteiger charge is -2.27. The summed E-state index contributed by atoms with van der Waals surface area (Å²) >= 11 is 0. The Kier molecular flexibility index (Phi) is 5.59. The first-order chi connectivity index (χ1) is 13.0. The van der Waals surface area contributed by atoms with E-state index in [1.54, 1.807) is 0 Å². The number of nitrogens with zero attached hydrogens (tertiary/aromatic N) is 1. The first-order valence-electron chi connectivity index (χ1n) is 8.80. The minimum absolute atomic E-state index is 0.0756. The summed E-state index contributed by atoms with van der Waals surface area (Å²) in [5.41, 5.74) is -0.536. The standard InChI is InChI=1S/C17H20F4N2O4S/c1-28(25,26)23(16(24)17(19,20)21)14-7-12(10-4-5-10)15(8-13(14)18)27-11-3-2-6-22-9-11/h7-8,10-11,22H,2-6,9H2,1H3. The van der Waals surface area contributed by atoms with Crippen LogP contribution in [0.15, 0.2) is 12.1 Å². The number of nitrogens with one attached hydrogen (secondary N) is 1. The Morgan fingerprint density at radius 2 is 1.93 bits per heavy atom. The van der Waals surface area contributed by atoms with Gasteiger partial charge in [-0.3, -0.25) is 4.79 Å². The van der Waals surface area contributed by atoms with E-state index in [4.69, 9.17) is 4.74 Å². The number of anilines is 1. The topological polar surface area (TPSA) is 75.7 Å². The highest BCUT2D eigenvalue weighted by atomic mass is 32.2. The SMILES string of the molecule is CS(=O)(=O)N(C(=O)C(F)(F)F)c1cc(C2CC2)c(OC2CCCNC2)cc1F. The van der Waals surface area contributed by atoms with Crippen LogP contribution >= 0.6 is 0 Å². The molecule has 1 aromatic rings. The summed E-state index contributed by atoms with van der Waals surface area (Å²) in [5.74, 6) is -3.84. The molecule has 2 aliphatic rings. The van der Waals surface area contributed by atoms with Gasteiger partial charge in [-0.25, -0.2) is 12.8 Å². The molecule has 11 heteroatoms. The van der Waals surface area contributed by atoms with Gasteiger partial charge in [-0.15, -0.1) is 0 Å². The van der Waals surface area contributed by atoms with Crippen LogP contribution in [0.25, 0.3) is 0 Å². The maximum atomic E-state index is 14.7. The number of alkyl halides is 3. The molecule has 1 aliphatic carbocycles.